The van der Waals surface area contributed by atoms with Crippen molar-refractivity contribution in [1.82, 2.24) is 0 Å². The van der Waals surface area contributed by atoms with E-state index in [-0.39, 0.29) is 12.4 Å². The van der Waals surface area contributed by atoms with Gasteiger partial charge in [-0.05, 0) is 18.2 Å². The lowest BCUT2D eigenvalue weighted by atomic mass is 10.0. The Morgan fingerprint density at radius 2 is 2.12 bits per heavy atom. The molecule has 0 unspecified atom stereocenters. The van der Waals surface area contributed by atoms with Gasteiger partial charge in [-0.3, -0.25) is 0 Å². The number of hydrogen-bond acceptors (Lipinski definition) is 4. The Hall–Kier alpha value is -1.17. The summed E-state index contributed by atoms with van der Waals surface area (Å²) < 4.78 is 29.4. The molecule has 1 fully saturated rings. The average Bonchev–Trinajstić information content (AvgIpc) is 2.78. The van der Waals surface area contributed by atoms with Crippen LogP contribution in [0.1, 0.15) is 5.56 Å². The van der Waals surface area contributed by atoms with E-state index in [2.05, 4.69) is 0 Å². The second-order valence-corrected chi connectivity index (χ2v) is 3.50. The van der Waals surface area contributed by atoms with Crippen LogP contribution in [-0.4, -0.2) is 26.9 Å². The first-order valence-corrected chi connectivity index (χ1v) is 5.04. The first-order valence-electron chi connectivity index (χ1n) is 5.04. The minimum Gasteiger partial charge on any atom is -0.496 e. The Balaban J connectivity index is 2.47. The van der Waals surface area contributed by atoms with E-state index < -0.39 is 5.79 Å². The van der Waals surface area contributed by atoms with Gasteiger partial charge >= 0.3 is 0 Å². The molecule has 88 valence electrons. The number of hydrogen-bond donors (Lipinski definition) is 1. The summed E-state index contributed by atoms with van der Waals surface area (Å²) in [5.41, 5.74) is 6.14. The molecule has 0 bridgehead atoms. The average molecular weight is 227 g/mol. The van der Waals surface area contributed by atoms with E-state index in [1.165, 1.54) is 25.3 Å². The van der Waals surface area contributed by atoms with Crippen LogP contribution in [0.4, 0.5) is 4.39 Å². The molecule has 1 aromatic rings. The third-order valence-electron chi connectivity index (χ3n) is 2.59. The summed E-state index contributed by atoms with van der Waals surface area (Å²) in [5, 5.41) is 0. The maximum Gasteiger partial charge on any atom is 0.211 e. The van der Waals surface area contributed by atoms with Gasteiger partial charge < -0.3 is 19.9 Å². The van der Waals surface area contributed by atoms with E-state index in [9.17, 15) is 4.39 Å². The second kappa shape index (κ2) is 4.37. The van der Waals surface area contributed by atoms with Gasteiger partial charge in [0.2, 0.25) is 5.79 Å². The monoisotopic (exact) mass is 227 g/mol. The number of rotatable bonds is 3. The zero-order chi connectivity index (χ0) is 11.6. The number of halogens is 1. The quantitative estimate of drug-likeness (QED) is 0.836. The minimum absolute atomic E-state index is 0.118. The van der Waals surface area contributed by atoms with Crippen molar-refractivity contribution in [3.05, 3.63) is 29.6 Å². The SMILES string of the molecule is COc1ccc(F)cc1C1(CN)OCCO1. The van der Waals surface area contributed by atoms with E-state index in [1.54, 1.807) is 0 Å². The molecule has 2 rings (SSSR count). The highest BCUT2D eigenvalue weighted by Crippen LogP contribution is 2.36. The lowest BCUT2D eigenvalue weighted by Crippen LogP contribution is -2.36. The van der Waals surface area contributed by atoms with Crippen molar-refractivity contribution in [3.63, 3.8) is 0 Å². The van der Waals surface area contributed by atoms with E-state index >= 15 is 0 Å². The smallest absolute Gasteiger partial charge is 0.211 e. The molecular formula is C11H14FNO3. The molecule has 0 atom stereocenters. The molecule has 16 heavy (non-hydrogen) atoms. The molecule has 0 amide bonds. The normalized spacial score (nSPS) is 18.7. The second-order valence-electron chi connectivity index (χ2n) is 3.50. The zero-order valence-electron chi connectivity index (χ0n) is 9.03. The fraction of sp³-hybridized carbons (Fsp3) is 0.455. The highest BCUT2D eigenvalue weighted by molar-refractivity contribution is 5.38. The van der Waals surface area contributed by atoms with Gasteiger partial charge in [0, 0.05) is 0 Å². The largest absolute Gasteiger partial charge is 0.496 e. The van der Waals surface area contributed by atoms with Crippen molar-refractivity contribution in [3.8, 4) is 5.75 Å². The summed E-state index contributed by atoms with van der Waals surface area (Å²) in [7, 11) is 1.51. The van der Waals surface area contributed by atoms with Crippen LogP contribution in [0.2, 0.25) is 0 Å². The van der Waals surface area contributed by atoms with Crippen LogP contribution in [0.25, 0.3) is 0 Å². The highest BCUT2D eigenvalue weighted by Gasteiger charge is 2.39. The van der Waals surface area contributed by atoms with Crippen molar-refractivity contribution < 1.29 is 18.6 Å². The van der Waals surface area contributed by atoms with Crippen molar-refractivity contribution in [2.75, 3.05) is 26.9 Å². The molecule has 1 aromatic carbocycles. The number of benzene rings is 1. The summed E-state index contributed by atoms with van der Waals surface area (Å²) in [6, 6.07) is 4.19. The summed E-state index contributed by atoms with van der Waals surface area (Å²) in [6.07, 6.45) is 0. The Morgan fingerprint density at radius 3 is 2.69 bits per heavy atom. The van der Waals surface area contributed by atoms with Crippen LogP contribution < -0.4 is 10.5 Å². The van der Waals surface area contributed by atoms with Crippen LogP contribution in [0.15, 0.2) is 18.2 Å². The fourth-order valence-electron chi connectivity index (χ4n) is 1.82. The Bertz CT molecular complexity index is 377. The summed E-state index contributed by atoms with van der Waals surface area (Å²) in [4.78, 5) is 0. The standard InChI is InChI=1S/C11H14FNO3/c1-14-10-3-2-8(12)6-9(10)11(7-13)15-4-5-16-11/h2-3,6H,4-5,7,13H2,1H3. The molecule has 4 nitrogen and oxygen atoms in total. The molecule has 1 heterocycles. The molecular weight excluding hydrogens is 213 g/mol. The molecule has 2 N–H and O–H groups in total. The number of ether oxygens (including phenoxy) is 3. The summed E-state index contributed by atoms with van der Waals surface area (Å²) in [5.74, 6) is -0.940. The molecule has 5 heteroatoms. The van der Waals surface area contributed by atoms with Gasteiger partial charge in [-0.15, -0.1) is 0 Å². The molecule has 0 aromatic heterocycles. The third kappa shape index (κ3) is 1.77. The van der Waals surface area contributed by atoms with Crippen LogP contribution in [0, 0.1) is 5.82 Å². The van der Waals surface area contributed by atoms with E-state index in [0.717, 1.165) is 0 Å². The molecule has 0 spiro atoms. The first-order chi connectivity index (χ1) is 7.72. The molecule has 1 aliphatic rings. The van der Waals surface area contributed by atoms with E-state index in [0.29, 0.717) is 24.5 Å². The lowest BCUT2D eigenvalue weighted by Gasteiger charge is -2.27. The van der Waals surface area contributed by atoms with Crippen LogP contribution >= 0.6 is 0 Å². The first kappa shape index (κ1) is 11.3. The summed E-state index contributed by atoms with van der Waals surface area (Å²) >= 11 is 0. The van der Waals surface area contributed by atoms with Crippen molar-refractivity contribution in [2.45, 2.75) is 5.79 Å². The van der Waals surface area contributed by atoms with Crippen molar-refractivity contribution in [2.24, 2.45) is 5.73 Å². The van der Waals surface area contributed by atoms with Gasteiger partial charge in [-0.25, -0.2) is 4.39 Å². The zero-order valence-corrected chi connectivity index (χ0v) is 9.03. The maximum atomic E-state index is 13.2. The van der Waals surface area contributed by atoms with Gasteiger partial charge in [-0.2, -0.15) is 0 Å². The molecule has 1 aliphatic heterocycles. The minimum atomic E-state index is -1.08. The van der Waals surface area contributed by atoms with Gasteiger partial charge in [0.05, 0.1) is 32.4 Å². The van der Waals surface area contributed by atoms with Gasteiger partial charge in [-0.1, -0.05) is 0 Å². The summed E-state index contributed by atoms with van der Waals surface area (Å²) in [6.45, 7) is 1.00. The Morgan fingerprint density at radius 1 is 1.44 bits per heavy atom. The fourth-order valence-corrected chi connectivity index (χ4v) is 1.82. The van der Waals surface area contributed by atoms with Crippen molar-refractivity contribution >= 4 is 0 Å². The molecule has 0 radical (unpaired) electrons. The van der Waals surface area contributed by atoms with Gasteiger partial charge in [0.25, 0.3) is 0 Å². The predicted octanol–water partition coefficient (Wildman–Crippen LogP) is 0.993. The van der Waals surface area contributed by atoms with E-state index in [1.807, 2.05) is 0 Å². The Labute approximate surface area is 93.1 Å². The molecule has 0 aliphatic carbocycles. The maximum absolute atomic E-state index is 13.2. The number of methoxy groups -OCH3 is 1. The van der Waals surface area contributed by atoms with Crippen LogP contribution in [-0.2, 0) is 15.3 Å². The van der Waals surface area contributed by atoms with Crippen LogP contribution in [0.5, 0.6) is 5.75 Å². The highest BCUT2D eigenvalue weighted by atomic mass is 19.1. The van der Waals surface area contributed by atoms with Gasteiger partial charge in [0.15, 0.2) is 0 Å². The van der Waals surface area contributed by atoms with Crippen molar-refractivity contribution in [1.29, 1.82) is 0 Å². The van der Waals surface area contributed by atoms with Crippen LogP contribution in [0.3, 0.4) is 0 Å². The lowest BCUT2D eigenvalue weighted by molar-refractivity contribution is -0.158. The van der Waals surface area contributed by atoms with Gasteiger partial charge in [0.1, 0.15) is 11.6 Å². The Kier molecular flexibility index (Phi) is 3.09. The third-order valence-corrected chi connectivity index (χ3v) is 2.59. The van der Waals surface area contributed by atoms with E-state index in [4.69, 9.17) is 19.9 Å². The number of nitrogens with two attached hydrogens (primary N) is 1. The predicted molar refractivity (Wildman–Crippen MR) is 55.6 cm³/mol. The molecule has 0 saturated carbocycles. The molecule has 1 saturated heterocycles. The topological polar surface area (TPSA) is 53.7 Å².